The lowest BCUT2D eigenvalue weighted by Crippen LogP contribution is -2.27. The van der Waals surface area contributed by atoms with Crippen LogP contribution in [0.5, 0.6) is 11.5 Å². The second kappa shape index (κ2) is 7.25. The maximum absolute atomic E-state index is 12.7. The molecular weight excluding hydrogens is 410 g/mol. The molecule has 0 bridgehead atoms. The monoisotopic (exact) mass is 421 g/mol. The number of furan rings is 1. The molecule has 2 aliphatic rings. The number of benzene rings is 1. The number of hydrogen-bond acceptors (Lipinski definition) is 8. The Kier molecular flexibility index (Phi) is 4.78. The summed E-state index contributed by atoms with van der Waals surface area (Å²) in [5, 5.41) is -0.0889. The van der Waals surface area contributed by atoms with Gasteiger partial charge in [0.1, 0.15) is 5.76 Å². The number of thioether (sulfide) groups is 1. The van der Waals surface area contributed by atoms with Gasteiger partial charge in [-0.25, -0.2) is 4.79 Å². The summed E-state index contributed by atoms with van der Waals surface area (Å²) in [4.78, 5) is 37.6. The molecule has 0 N–H and O–H groups in total. The van der Waals surface area contributed by atoms with Crippen molar-refractivity contribution < 1.29 is 33.0 Å². The Morgan fingerprint density at radius 3 is 2.79 bits per heavy atom. The van der Waals surface area contributed by atoms with Crippen LogP contribution < -0.4 is 9.47 Å². The van der Waals surface area contributed by atoms with Crippen LogP contribution in [-0.4, -0.2) is 35.9 Å². The Morgan fingerprint density at radius 1 is 1.29 bits per heavy atom. The predicted molar refractivity (Wildman–Crippen MR) is 99.1 cm³/mol. The van der Waals surface area contributed by atoms with Gasteiger partial charge in [-0.3, -0.25) is 14.5 Å². The molecule has 2 aromatic rings. The minimum absolute atomic E-state index is 0.00726. The highest BCUT2D eigenvalue weighted by atomic mass is 35.5. The SMILES string of the molecule is COC(=O)c1ccc(CN2C(=O)SC(=Cc3cc4c(cc3Cl)OCO4)C2=O)o1. The molecule has 1 aromatic carbocycles. The summed E-state index contributed by atoms with van der Waals surface area (Å²) in [6, 6.07) is 6.17. The van der Waals surface area contributed by atoms with Crippen molar-refractivity contribution in [1.82, 2.24) is 4.90 Å². The number of carbonyl (C=O) groups is 3. The predicted octanol–water partition coefficient (Wildman–Crippen LogP) is 3.68. The number of ether oxygens (including phenoxy) is 3. The number of rotatable bonds is 4. The molecule has 0 unspecified atom stereocenters. The summed E-state index contributed by atoms with van der Waals surface area (Å²) in [7, 11) is 1.23. The molecule has 0 saturated carbocycles. The lowest BCUT2D eigenvalue weighted by Gasteiger charge is -2.10. The van der Waals surface area contributed by atoms with Crippen molar-refractivity contribution in [1.29, 1.82) is 0 Å². The summed E-state index contributed by atoms with van der Waals surface area (Å²) in [5.74, 6) is 0.185. The van der Waals surface area contributed by atoms with Crippen LogP contribution in [0.25, 0.3) is 6.08 Å². The van der Waals surface area contributed by atoms with E-state index in [1.807, 2.05) is 0 Å². The minimum atomic E-state index is -0.641. The van der Waals surface area contributed by atoms with Crippen LogP contribution in [0.15, 0.2) is 33.6 Å². The van der Waals surface area contributed by atoms with Crippen LogP contribution in [0.3, 0.4) is 0 Å². The van der Waals surface area contributed by atoms with Gasteiger partial charge in [-0.05, 0) is 41.6 Å². The van der Waals surface area contributed by atoms with E-state index < -0.39 is 17.1 Å². The summed E-state index contributed by atoms with van der Waals surface area (Å²) in [5.41, 5.74) is 0.530. The zero-order chi connectivity index (χ0) is 19.8. The van der Waals surface area contributed by atoms with Crippen LogP contribution in [0.4, 0.5) is 4.79 Å². The quantitative estimate of drug-likeness (QED) is 0.545. The van der Waals surface area contributed by atoms with Gasteiger partial charge < -0.3 is 18.6 Å². The fraction of sp³-hybridized carbons (Fsp3) is 0.167. The van der Waals surface area contributed by atoms with E-state index in [9.17, 15) is 14.4 Å². The van der Waals surface area contributed by atoms with E-state index in [4.69, 9.17) is 25.5 Å². The summed E-state index contributed by atoms with van der Waals surface area (Å²) in [6.07, 6.45) is 1.53. The fourth-order valence-corrected chi connectivity index (χ4v) is 3.69. The molecule has 2 amide bonds. The number of methoxy groups -OCH3 is 1. The van der Waals surface area contributed by atoms with E-state index in [0.717, 1.165) is 16.7 Å². The first kappa shape index (κ1) is 18.5. The van der Waals surface area contributed by atoms with Crippen molar-refractivity contribution in [3.8, 4) is 11.5 Å². The summed E-state index contributed by atoms with van der Waals surface area (Å²) in [6.45, 7) is -0.00376. The Balaban J connectivity index is 1.55. The third-order valence-electron chi connectivity index (χ3n) is 4.01. The number of carbonyl (C=O) groups excluding carboxylic acids is 3. The molecule has 144 valence electrons. The molecule has 1 saturated heterocycles. The first-order valence-corrected chi connectivity index (χ1v) is 9.17. The largest absolute Gasteiger partial charge is 0.463 e. The molecule has 0 atom stereocenters. The van der Waals surface area contributed by atoms with Gasteiger partial charge in [-0.15, -0.1) is 0 Å². The number of amides is 2. The molecule has 10 heteroatoms. The van der Waals surface area contributed by atoms with Crippen LogP contribution in [0.1, 0.15) is 21.9 Å². The van der Waals surface area contributed by atoms with Crippen LogP contribution in [0, 0.1) is 0 Å². The molecule has 4 rings (SSSR count). The van der Waals surface area contributed by atoms with Gasteiger partial charge in [0.2, 0.25) is 12.6 Å². The second-order valence-corrected chi connectivity index (χ2v) is 7.15. The molecule has 28 heavy (non-hydrogen) atoms. The highest BCUT2D eigenvalue weighted by molar-refractivity contribution is 8.18. The van der Waals surface area contributed by atoms with Crippen LogP contribution in [-0.2, 0) is 16.1 Å². The lowest BCUT2D eigenvalue weighted by atomic mass is 10.2. The third kappa shape index (κ3) is 3.34. The van der Waals surface area contributed by atoms with Gasteiger partial charge in [0.25, 0.3) is 11.1 Å². The van der Waals surface area contributed by atoms with Crippen LogP contribution >= 0.6 is 23.4 Å². The normalized spacial score (nSPS) is 16.9. The van der Waals surface area contributed by atoms with Gasteiger partial charge in [0.15, 0.2) is 11.5 Å². The first-order valence-electron chi connectivity index (χ1n) is 7.98. The number of halogens is 1. The van der Waals surface area contributed by atoms with Crippen molar-refractivity contribution in [3.63, 3.8) is 0 Å². The molecule has 0 radical (unpaired) electrons. The van der Waals surface area contributed by atoms with Crippen LogP contribution in [0.2, 0.25) is 5.02 Å². The van der Waals surface area contributed by atoms with Gasteiger partial charge >= 0.3 is 5.97 Å². The second-order valence-electron chi connectivity index (χ2n) is 5.75. The standard InChI is InChI=1S/C18H12ClNO7S/c1-24-17(22)12-3-2-10(27-12)7-20-16(21)15(28-18(20)23)5-9-4-13-14(6-11(9)19)26-8-25-13/h2-6H,7-8H2,1H3. The highest BCUT2D eigenvalue weighted by Gasteiger charge is 2.36. The fourth-order valence-electron chi connectivity index (χ4n) is 2.65. The number of fused-ring (bicyclic) bond motifs is 1. The molecule has 2 aliphatic heterocycles. The Bertz CT molecular complexity index is 1030. The molecule has 0 spiro atoms. The topological polar surface area (TPSA) is 95.3 Å². The van der Waals surface area contributed by atoms with E-state index in [1.54, 1.807) is 12.1 Å². The Morgan fingerprint density at radius 2 is 2.04 bits per heavy atom. The van der Waals surface area contributed by atoms with Crippen molar-refractivity contribution >= 4 is 46.6 Å². The average Bonchev–Trinajstić information content (AvgIpc) is 3.38. The summed E-state index contributed by atoms with van der Waals surface area (Å²) < 4.78 is 20.4. The highest BCUT2D eigenvalue weighted by Crippen LogP contribution is 2.40. The van der Waals surface area contributed by atoms with Gasteiger partial charge in [0, 0.05) is 6.07 Å². The zero-order valence-corrected chi connectivity index (χ0v) is 16.0. The lowest BCUT2D eigenvalue weighted by molar-refractivity contribution is -0.123. The molecule has 1 aromatic heterocycles. The van der Waals surface area contributed by atoms with Crippen molar-refractivity contribution in [2.45, 2.75) is 6.54 Å². The van der Waals surface area contributed by atoms with E-state index >= 15 is 0 Å². The van der Waals surface area contributed by atoms with Gasteiger partial charge in [0.05, 0.1) is 23.6 Å². The average molecular weight is 422 g/mol. The number of hydrogen-bond donors (Lipinski definition) is 0. The Hall–Kier alpha value is -2.91. The smallest absolute Gasteiger partial charge is 0.373 e. The first-order chi connectivity index (χ1) is 13.5. The van der Waals surface area contributed by atoms with Crippen molar-refractivity contribution in [3.05, 3.63) is 51.3 Å². The van der Waals surface area contributed by atoms with Crippen molar-refractivity contribution in [2.75, 3.05) is 13.9 Å². The maximum Gasteiger partial charge on any atom is 0.373 e. The Labute approximate surface area is 168 Å². The zero-order valence-electron chi connectivity index (χ0n) is 14.4. The molecule has 1 fully saturated rings. The maximum atomic E-state index is 12.7. The number of esters is 1. The van der Waals surface area contributed by atoms with E-state index in [0.29, 0.717) is 22.1 Å². The van der Waals surface area contributed by atoms with E-state index in [2.05, 4.69) is 4.74 Å². The van der Waals surface area contributed by atoms with Crippen molar-refractivity contribution in [2.24, 2.45) is 0 Å². The van der Waals surface area contributed by atoms with E-state index in [1.165, 1.54) is 25.3 Å². The molecule has 0 aliphatic carbocycles. The van der Waals surface area contributed by atoms with E-state index in [-0.39, 0.29) is 29.8 Å². The number of nitrogens with zero attached hydrogens (tertiary/aromatic N) is 1. The molecular formula is C18H12ClNO7S. The number of imide groups is 1. The minimum Gasteiger partial charge on any atom is -0.463 e. The third-order valence-corrected chi connectivity index (χ3v) is 5.25. The molecule has 8 nitrogen and oxygen atoms in total. The summed E-state index contributed by atoms with van der Waals surface area (Å²) >= 11 is 7.01. The van der Waals surface area contributed by atoms with Gasteiger partial charge in [-0.1, -0.05) is 11.6 Å². The van der Waals surface area contributed by atoms with Gasteiger partial charge in [-0.2, -0.15) is 0 Å². The molecule has 3 heterocycles.